The molecular weight excluding hydrogens is 493 g/mol. The van der Waals surface area contributed by atoms with Crippen LogP contribution in [-0.4, -0.2) is 30.3 Å². The van der Waals surface area contributed by atoms with Crippen LogP contribution in [0, 0.1) is 40.6 Å². The van der Waals surface area contributed by atoms with Crippen LogP contribution in [0.5, 0.6) is 0 Å². The van der Waals surface area contributed by atoms with E-state index in [-0.39, 0.29) is 52.3 Å². The van der Waals surface area contributed by atoms with Gasteiger partial charge in [0.2, 0.25) is 0 Å². The summed E-state index contributed by atoms with van der Waals surface area (Å²) in [6.07, 6.45) is 1.46. The minimum absolute atomic E-state index is 0.0756. The smallest absolute Gasteiger partial charge is 0.255 e. The van der Waals surface area contributed by atoms with Crippen molar-refractivity contribution in [1.29, 1.82) is 5.26 Å². The fourth-order valence-electron chi connectivity index (χ4n) is 5.28. The number of hydrogen-bond acceptors (Lipinski definition) is 5. The van der Waals surface area contributed by atoms with E-state index >= 15 is 0 Å². The number of halogens is 4. The number of rotatable bonds is 5. The number of aliphatic hydroxyl groups is 1. The largest absolute Gasteiger partial charge is 0.389 e. The number of carbonyl (C=O) groups is 1. The van der Waals surface area contributed by atoms with Gasteiger partial charge in [-0.15, -0.1) is 0 Å². The van der Waals surface area contributed by atoms with Crippen molar-refractivity contribution in [3.63, 3.8) is 0 Å². The van der Waals surface area contributed by atoms with Crippen LogP contribution >= 0.6 is 11.6 Å². The molecule has 2 aliphatic rings. The fourth-order valence-corrected chi connectivity index (χ4v) is 8.12. The van der Waals surface area contributed by atoms with E-state index in [0.29, 0.717) is 25.0 Å². The molecule has 2 aliphatic carbocycles. The molecule has 0 radical (unpaired) electrons. The van der Waals surface area contributed by atoms with Crippen molar-refractivity contribution >= 4 is 33.0 Å². The van der Waals surface area contributed by atoms with Gasteiger partial charge in [-0.25, -0.2) is 21.6 Å². The minimum Gasteiger partial charge on any atom is -0.389 e. The monoisotopic (exact) mass is 512 g/mol. The third-order valence-electron chi connectivity index (χ3n) is 6.63. The first-order valence-corrected chi connectivity index (χ1v) is 12.5. The average molecular weight is 513 g/mol. The van der Waals surface area contributed by atoms with Crippen LogP contribution in [0.3, 0.4) is 0 Å². The molecule has 0 heterocycles. The van der Waals surface area contributed by atoms with E-state index < -0.39 is 44.0 Å². The zero-order valence-electron chi connectivity index (χ0n) is 17.7. The summed E-state index contributed by atoms with van der Waals surface area (Å²) in [5.41, 5.74) is -1.70. The van der Waals surface area contributed by atoms with Gasteiger partial charge < -0.3 is 10.4 Å². The lowest BCUT2D eigenvalue weighted by Gasteiger charge is -2.39. The Balaban J connectivity index is 1.62. The number of benzene rings is 2. The molecule has 0 spiro atoms. The van der Waals surface area contributed by atoms with Gasteiger partial charge >= 0.3 is 0 Å². The van der Waals surface area contributed by atoms with Gasteiger partial charge in [0.25, 0.3) is 5.91 Å². The van der Waals surface area contributed by atoms with E-state index in [0.717, 1.165) is 6.07 Å². The molecule has 2 fully saturated rings. The number of sulfone groups is 1. The molecule has 180 valence electrons. The summed E-state index contributed by atoms with van der Waals surface area (Å²) < 4.78 is 67.3. The van der Waals surface area contributed by atoms with Gasteiger partial charge in [-0.2, -0.15) is 5.26 Å². The van der Waals surface area contributed by atoms with Gasteiger partial charge in [0.1, 0.15) is 0 Å². The zero-order chi connectivity index (χ0) is 24.8. The molecule has 6 nitrogen and oxygen atoms in total. The van der Waals surface area contributed by atoms with Crippen LogP contribution in [0.1, 0.15) is 42.5 Å². The summed E-state index contributed by atoms with van der Waals surface area (Å²) in [5, 5.41) is 21.0. The lowest BCUT2D eigenvalue weighted by molar-refractivity contribution is -0.0147. The van der Waals surface area contributed by atoms with Gasteiger partial charge in [0, 0.05) is 23.4 Å². The van der Waals surface area contributed by atoms with Crippen LogP contribution in [0.25, 0.3) is 0 Å². The predicted molar refractivity (Wildman–Crippen MR) is 117 cm³/mol. The summed E-state index contributed by atoms with van der Waals surface area (Å²) in [6, 6.07) is 6.76. The summed E-state index contributed by atoms with van der Waals surface area (Å²) in [5.74, 6) is -6.24. The van der Waals surface area contributed by atoms with E-state index in [1.807, 2.05) is 6.07 Å². The number of carbonyl (C=O) groups excluding carboxylic acids is 1. The molecule has 0 aliphatic heterocycles. The Morgan fingerprint density at radius 3 is 2.29 bits per heavy atom. The lowest BCUT2D eigenvalue weighted by Crippen LogP contribution is -2.46. The Morgan fingerprint density at radius 2 is 1.74 bits per heavy atom. The molecule has 2 aromatic carbocycles. The number of nitrogens with zero attached hydrogens (tertiary/aromatic N) is 1. The number of nitrogens with one attached hydrogen (secondary N) is 1. The maximum atomic E-state index is 13.6. The number of fused-ring (bicyclic) bond motifs is 2. The third-order valence-corrected chi connectivity index (χ3v) is 9.51. The maximum Gasteiger partial charge on any atom is 0.255 e. The summed E-state index contributed by atoms with van der Waals surface area (Å²) in [6.45, 7) is 0. The van der Waals surface area contributed by atoms with Gasteiger partial charge in [-0.3, -0.25) is 4.79 Å². The highest BCUT2D eigenvalue weighted by molar-refractivity contribution is 7.92. The Morgan fingerprint density at radius 1 is 1.15 bits per heavy atom. The van der Waals surface area contributed by atoms with Crippen molar-refractivity contribution in [2.45, 2.75) is 47.9 Å². The second-order valence-electron chi connectivity index (χ2n) is 8.93. The topological polar surface area (TPSA) is 107 Å². The van der Waals surface area contributed by atoms with Crippen molar-refractivity contribution < 1.29 is 31.5 Å². The Bertz CT molecular complexity index is 1270. The summed E-state index contributed by atoms with van der Waals surface area (Å²) >= 11 is 6.20. The van der Waals surface area contributed by atoms with E-state index in [2.05, 4.69) is 5.32 Å². The van der Waals surface area contributed by atoms with Crippen LogP contribution in [-0.2, 0) is 9.84 Å². The number of anilines is 1. The molecule has 2 aromatic rings. The molecule has 4 rings (SSSR count). The minimum atomic E-state index is -4.02. The maximum absolute atomic E-state index is 13.6. The van der Waals surface area contributed by atoms with Crippen LogP contribution in [0.15, 0.2) is 35.2 Å². The van der Waals surface area contributed by atoms with Crippen LogP contribution < -0.4 is 5.32 Å². The molecule has 2 bridgehead atoms. The third kappa shape index (κ3) is 4.40. The number of nitriles is 1. The number of hydrogen-bond donors (Lipinski definition) is 2. The molecule has 0 saturated heterocycles. The molecule has 0 aromatic heterocycles. The molecule has 1 amide bonds. The van der Waals surface area contributed by atoms with Gasteiger partial charge in [0.05, 0.1) is 33.3 Å². The van der Waals surface area contributed by atoms with E-state index in [4.69, 9.17) is 16.9 Å². The molecule has 1 unspecified atom stereocenters. The van der Waals surface area contributed by atoms with Crippen molar-refractivity contribution in [2.24, 2.45) is 11.8 Å². The van der Waals surface area contributed by atoms with Gasteiger partial charge in [0.15, 0.2) is 27.3 Å². The second kappa shape index (κ2) is 8.87. The highest BCUT2D eigenvalue weighted by Crippen LogP contribution is 2.52. The first-order valence-electron chi connectivity index (χ1n) is 10.5. The quantitative estimate of drug-likeness (QED) is 0.569. The number of amides is 1. The van der Waals surface area contributed by atoms with Crippen LogP contribution in [0.2, 0.25) is 5.02 Å². The molecule has 2 N–H and O–H groups in total. The van der Waals surface area contributed by atoms with Crippen LogP contribution in [0.4, 0.5) is 18.9 Å². The van der Waals surface area contributed by atoms with E-state index in [9.17, 15) is 31.5 Å². The molecular formula is C23H20ClF3N2O4S. The average Bonchev–Trinajstić information content (AvgIpc) is 3.05. The molecule has 2 saturated carbocycles. The normalized spacial score (nSPS) is 26.2. The van der Waals surface area contributed by atoms with Crippen molar-refractivity contribution in [2.75, 3.05) is 5.32 Å². The molecule has 34 heavy (non-hydrogen) atoms. The first-order chi connectivity index (χ1) is 15.9. The highest BCUT2D eigenvalue weighted by Gasteiger charge is 2.54. The van der Waals surface area contributed by atoms with Crippen molar-refractivity contribution in [3.8, 4) is 6.07 Å². The van der Waals surface area contributed by atoms with Gasteiger partial charge in [-0.05, 0) is 55.7 Å². The second-order valence-corrected chi connectivity index (χ2v) is 11.4. The lowest BCUT2D eigenvalue weighted by atomic mass is 9.76. The molecule has 11 heteroatoms. The Kier molecular flexibility index (Phi) is 6.40. The molecule has 4 atom stereocenters. The van der Waals surface area contributed by atoms with E-state index in [1.54, 1.807) is 0 Å². The van der Waals surface area contributed by atoms with Gasteiger partial charge in [-0.1, -0.05) is 11.6 Å². The highest BCUT2D eigenvalue weighted by atomic mass is 35.5. The standard InChI is InChI=1S/C23H20ClF3N2O4S/c24-16-4-3-12(22(30)29-15-8-17(25)20(27)18(26)9-15)7-19(16)34(32,33)21-13-1-2-14(21)11-23(31,10-13)5-6-28/h3-4,7-9,13-14,21,31H,1-2,5,10-11H2,(H,29,30)/t13-,14?,21+,23+/m0/s1. The van der Waals surface area contributed by atoms with Crippen molar-refractivity contribution in [3.05, 3.63) is 58.4 Å². The SMILES string of the molecule is N#CC[C@]1(O)CC2CC[C@@H](C1)[C@H]2S(=O)(=O)c1cc(C(=O)Nc2cc(F)c(F)c(F)c2)ccc1Cl. The summed E-state index contributed by atoms with van der Waals surface area (Å²) in [7, 11) is -4.02. The zero-order valence-corrected chi connectivity index (χ0v) is 19.3. The van der Waals surface area contributed by atoms with Crippen molar-refractivity contribution in [1.82, 2.24) is 0 Å². The fraction of sp³-hybridized carbons (Fsp3) is 0.391. The Labute approximate surface area is 199 Å². The van der Waals surface area contributed by atoms with E-state index in [1.165, 1.54) is 12.1 Å². The first kappa shape index (κ1) is 24.5. The Hall–Kier alpha value is -2.61. The predicted octanol–water partition coefficient (Wildman–Crippen LogP) is 4.62. The summed E-state index contributed by atoms with van der Waals surface area (Å²) in [4.78, 5) is 12.4.